The Morgan fingerprint density at radius 2 is 1.76 bits per heavy atom. The van der Waals surface area contributed by atoms with Crippen molar-refractivity contribution in [3.63, 3.8) is 0 Å². The summed E-state index contributed by atoms with van der Waals surface area (Å²) in [5.74, 6) is 0.267. The van der Waals surface area contributed by atoms with E-state index in [4.69, 9.17) is 14.2 Å². The van der Waals surface area contributed by atoms with Crippen molar-refractivity contribution in [3.8, 4) is 11.5 Å². The molecule has 152 valence electrons. The number of amides is 1. The van der Waals surface area contributed by atoms with Crippen molar-refractivity contribution in [1.29, 1.82) is 0 Å². The van der Waals surface area contributed by atoms with Crippen LogP contribution >= 0.6 is 0 Å². The zero-order valence-corrected chi connectivity index (χ0v) is 16.5. The second kappa shape index (κ2) is 9.09. The van der Waals surface area contributed by atoms with Crippen LogP contribution in [0.3, 0.4) is 0 Å². The molecule has 1 amide bonds. The maximum absolute atomic E-state index is 13.1. The summed E-state index contributed by atoms with van der Waals surface area (Å²) in [5, 5.41) is 8.75. The van der Waals surface area contributed by atoms with E-state index in [2.05, 4.69) is 10.4 Å². The molecule has 1 aliphatic rings. The predicted octanol–water partition coefficient (Wildman–Crippen LogP) is 2.84. The fourth-order valence-electron chi connectivity index (χ4n) is 2.98. The van der Waals surface area contributed by atoms with Crippen LogP contribution in [0.4, 0.5) is 11.4 Å². The molecule has 0 unspecified atom stereocenters. The number of benzene rings is 2. The topological polar surface area (TPSA) is 89.5 Å². The number of para-hydroxylation sites is 1. The van der Waals surface area contributed by atoms with Crippen LogP contribution < -0.4 is 19.8 Å². The van der Waals surface area contributed by atoms with E-state index in [9.17, 15) is 9.59 Å². The third-order valence-electron chi connectivity index (χ3n) is 4.36. The van der Waals surface area contributed by atoms with Gasteiger partial charge in [0, 0.05) is 30.3 Å². The summed E-state index contributed by atoms with van der Waals surface area (Å²) in [4.78, 5) is 25.2. The predicted molar refractivity (Wildman–Crippen MR) is 110 cm³/mol. The van der Waals surface area contributed by atoms with Crippen molar-refractivity contribution in [2.24, 2.45) is 5.10 Å². The Hall–Kier alpha value is -3.55. The molecule has 8 nitrogen and oxygen atoms in total. The minimum atomic E-state index is -0.700. The van der Waals surface area contributed by atoms with Gasteiger partial charge in [-0.3, -0.25) is 9.80 Å². The van der Waals surface area contributed by atoms with Crippen molar-refractivity contribution in [3.05, 3.63) is 48.5 Å². The zero-order valence-electron chi connectivity index (χ0n) is 16.5. The van der Waals surface area contributed by atoms with Crippen molar-refractivity contribution in [2.75, 3.05) is 31.2 Å². The summed E-state index contributed by atoms with van der Waals surface area (Å²) in [6, 6.07) is 13.6. The zero-order chi connectivity index (χ0) is 20.8. The highest BCUT2D eigenvalue weighted by molar-refractivity contribution is 6.38. The summed E-state index contributed by atoms with van der Waals surface area (Å²) in [7, 11) is 3.07. The summed E-state index contributed by atoms with van der Waals surface area (Å²) < 4.78 is 15.5. The number of hydrogen-bond acceptors (Lipinski definition) is 7. The van der Waals surface area contributed by atoms with Gasteiger partial charge in [0.05, 0.1) is 26.5 Å². The number of carbonyl (C=O) groups is 2. The number of nitrogens with zero attached hydrogens (tertiary/aromatic N) is 2. The van der Waals surface area contributed by atoms with Gasteiger partial charge in [-0.25, -0.2) is 4.79 Å². The Morgan fingerprint density at radius 3 is 2.34 bits per heavy atom. The fourth-order valence-corrected chi connectivity index (χ4v) is 2.98. The highest BCUT2D eigenvalue weighted by Gasteiger charge is 2.37. The number of nitrogens with one attached hydrogen (secondary N) is 1. The van der Waals surface area contributed by atoms with Gasteiger partial charge < -0.3 is 19.5 Å². The average Bonchev–Trinajstić information content (AvgIpc) is 3.20. The van der Waals surface area contributed by atoms with Crippen LogP contribution in [0.15, 0.2) is 53.6 Å². The number of rotatable bonds is 7. The summed E-state index contributed by atoms with van der Waals surface area (Å²) in [5.41, 5.74) is 1.43. The number of methoxy groups -OCH3 is 2. The molecule has 0 aromatic heterocycles. The second-order valence-corrected chi connectivity index (χ2v) is 6.26. The van der Waals surface area contributed by atoms with E-state index in [1.54, 1.807) is 30.1 Å². The molecule has 2 aromatic carbocycles. The number of hydrogen-bond donors (Lipinski definition) is 1. The summed E-state index contributed by atoms with van der Waals surface area (Å²) in [6.45, 7) is 1.96. The van der Waals surface area contributed by atoms with Gasteiger partial charge in [0.15, 0.2) is 0 Å². The monoisotopic (exact) mass is 397 g/mol. The second-order valence-electron chi connectivity index (χ2n) is 6.26. The molecule has 1 atom stereocenters. The molecule has 1 aliphatic heterocycles. The van der Waals surface area contributed by atoms with Gasteiger partial charge in [0.25, 0.3) is 0 Å². The molecular formula is C21H23N3O5. The number of esters is 1. The molecule has 1 heterocycles. The Morgan fingerprint density at radius 1 is 1.10 bits per heavy atom. The normalized spacial score (nSPS) is 15.5. The molecule has 1 N–H and O–H groups in total. The highest BCUT2D eigenvalue weighted by atomic mass is 16.5. The lowest BCUT2D eigenvalue weighted by Gasteiger charge is -2.23. The first kappa shape index (κ1) is 20.2. The average molecular weight is 397 g/mol. The maximum Gasteiger partial charge on any atom is 0.354 e. The van der Waals surface area contributed by atoms with Crippen molar-refractivity contribution < 1.29 is 23.8 Å². The molecule has 8 heteroatoms. The number of anilines is 2. The maximum atomic E-state index is 13.1. The Balaban J connectivity index is 1.85. The van der Waals surface area contributed by atoms with Gasteiger partial charge in [-0.1, -0.05) is 18.2 Å². The standard InChI is InChI=1S/C21H23N3O5/c1-4-29-21(26)18-13-19(24(23-18)15-8-6-5-7-9-15)20(25)22-14-10-16(27-2)12-17(11-14)28-3/h5-12,19H,4,13H2,1-3H3,(H,22,25)/t19-/m0/s1. The summed E-state index contributed by atoms with van der Waals surface area (Å²) >= 11 is 0. The molecule has 0 aliphatic carbocycles. The third kappa shape index (κ3) is 4.66. The molecule has 0 fully saturated rings. The van der Waals surface area contributed by atoms with Crippen LogP contribution in [0.25, 0.3) is 0 Å². The van der Waals surface area contributed by atoms with E-state index in [1.807, 2.05) is 30.3 Å². The number of hydrazone groups is 1. The lowest BCUT2D eigenvalue weighted by atomic mass is 10.1. The SMILES string of the molecule is CCOC(=O)C1=NN(c2ccccc2)[C@H](C(=O)Nc2cc(OC)cc(OC)c2)C1. The molecule has 0 saturated carbocycles. The Kier molecular flexibility index (Phi) is 6.33. The van der Waals surface area contributed by atoms with E-state index in [0.717, 1.165) is 0 Å². The number of carbonyl (C=O) groups excluding carboxylic acids is 2. The van der Waals surface area contributed by atoms with Gasteiger partial charge in [-0.05, 0) is 19.1 Å². The van der Waals surface area contributed by atoms with E-state index in [-0.39, 0.29) is 24.6 Å². The first-order valence-corrected chi connectivity index (χ1v) is 9.18. The molecule has 2 aromatic rings. The quantitative estimate of drug-likeness (QED) is 0.723. The molecule has 0 bridgehead atoms. The first-order chi connectivity index (χ1) is 14.0. The van der Waals surface area contributed by atoms with E-state index in [1.165, 1.54) is 14.2 Å². The number of ether oxygens (including phenoxy) is 3. The van der Waals surface area contributed by atoms with Gasteiger partial charge >= 0.3 is 5.97 Å². The summed E-state index contributed by atoms with van der Waals surface area (Å²) in [6.07, 6.45) is 0.140. The van der Waals surface area contributed by atoms with Crippen molar-refractivity contribution in [2.45, 2.75) is 19.4 Å². The van der Waals surface area contributed by atoms with Crippen LogP contribution in [0.5, 0.6) is 11.5 Å². The van der Waals surface area contributed by atoms with Crippen LogP contribution in [0.1, 0.15) is 13.3 Å². The van der Waals surface area contributed by atoms with E-state index >= 15 is 0 Å². The lowest BCUT2D eigenvalue weighted by molar-refractivity contribution is -0.135. The van der Waals surface area contributed by atoms with Crippen LogP contribution in [-0.2, 0) is 14.3 Å². The molecule has 0 radical (unpaired) electrons. The van der Waals surface area contributed by atoms with Gasteiger partial charge in [-0.15, -0.1) is 0 Å². The van der Waals surface area contributed by atoms with Crippen LogP contribution in [-0.4, -0.2) is 44.5 Å². The highest BCUT2D eigenvalue weighted by Crippen LogP contribution is 2.28. The van der Waals surface area contributed by atoms with Crippen molar-refractivity contribution >= 4 is 29.0 Å². The fraction of sp³-hybridized carbons (Fsp3) is 0.286. The van der Waals surface area contributed by atoms with Gasteiger partial charge in [0.1, 0.15) is 23.3 Å². The molecule has 29 heavy (non-hydrogen) atoms. The third-order valence-corrected chi connectivity index (χ3v) is 4.36. The van der Waals surface area contributed by atoms with Gasteiger partial charge in [0.2, 0.25) is 5.91 Å². The van der Waals surface area contributed by atoms with E-state index in [0.29, 0.717) is 22.9 Å². The molecule has 0 spiro atoms. The Labute approximate surface area is 169 Å². The van der Waals surface area contributed by atoms with Gasteiger partial charge in [-0.2, -0.15) is 5.10 Å². The van der Waals surface area contributed by atoms with Crippen molar-refractivity contribution in [1.82, 2.24) is 0 Å². The first-order valence-electron chi connectivity index (χ1n) is 9.18. The molecule has 3 rings (SSSR count). The van der Waals surface area contributed by atoms with E-state index < -0.39 is 12.0 Å². The molecular weight excluding hydrogens is 374 g/mol. The smallest absolute Gasteiger partial charge is 0.354 e. The van der Waals surface area contributed by atoms with Crippen LogP contribution in [0.2, 0.25) is 0 Å². The minimum Gasteiger partial charge on any atom is -0.497 e. The Bertz CT molecular complexity index is 892. The van der Waals surface area contributed by atoms with Crippen LogP contribution in [0, 0.1) is 0 Å². The largest absolute Gasteiger partial charge is 0.497 e. The minimum absolute atomic E-state index is 0.140. The lowest BCUT2D eigenvalue weighted by Crippen LogP contribution is -2.38. The molecule has 0 saturated heterocycles.